The summed E-state index contributed by atoms with van der Waals surface area (Å²) >= 11 is 1.35. The van der Waals surface area contributed by atoms with E-state index in [9.17, 15) is 9.18 Å². The number of nitrogens with zero attached hydrogens (tertiary/aromatic N) is 1. The van der Waals surface area contributed by atoms with Crippen molar-refractivity contribution in [3.8, 4) is 16.3 Å². The molecule has 4 nitrogen and oxygen atoms in total. The van der Waals surface area contributed by atoms with Crippen molar-refractivity contribution in [1.82, 2.24) is 4.98 Å². The quantitative estimate of drug-likeness (QED) is 0.799. The molecule has 0 spiro atoms. The van der Waals surface area contributed by atoms with E-state index < -0.39 is 11.8 Å². The predicted octanol–water partition coefficient (Wildman–Crippen LogP) is 3.81. The van der Waals surface area contributed by atoms with E-state index in [-0.39, 0.29) is 11.3 Å². The molecule has 1 heterocycles. The van der Waals surface area contributed by atoms with Crippen LogP contribution in [-0.4, -0.2) is 23.2 Å². The highest BCUT2D eigenvalue weighted by Crippen LogP contribution is 2.33. The van der Waals surface area contributed by atoms with E-state index in [4.69, 9.17) is 9.84 Å². The molecule has 0 radical (unpaired) electrons. The summed E-state index contributed by atoms with van der Waals surface area (Å²) in [7, 11) is 1.40. The van der Waals surface area contributed by atoms with Gasteiger partial charge in [0, 0.05) is 5.56 Å². The zero-order valence-corrected chi connectivity index (χ0v) is 11.8. The van der Waals surface area contributed by atoms with Crippen LogP contribution in [0.2, 0.25) is 0 Å². The highest BCUT2D eigenvalue weighted by Gasteiger charge is 2.11. The molecule has 3 rings (SSSR count). The van der Waals surface area contributed by atoms with Crippen LogP contribution in [0.3, 0.4) is 0 Å². The highest BCUT2D eigenvalue weighted by molar-refractivity contribution is 7.21. The molecular formula is C15H10FNO3S. The topological polar surface area (TPSA) is 59.4 Å². The number of hydrogen-bond acceptors (Lipinski definition) is 4. The number of aromatic nitrogens is 1. The molecule has 0 saturated heterocycles. The lowest BCUT2D eigenvalue weighted by Gasteiger charge is -2.03. The molecule has 0 aliphatic carbocycles. The molecule has 106 valence electrons. The van der Waals surface area contributed by atoms with Crippen molar-refractivity contribution >= 4 is 27.5 Å². The first-order chi connectivity index (χ1) is 10.1. The fourth-order valence-electron chi connectivity index (χ4n) is 1.97. The Balaban J connectivity index is 2.10. The molecular weight excluding hydrogens is 293 g/mol. The number of rotatable bonds is 3. The Morgan fingerprint density at radius 1 is 1.29 bits per heavy atom. The lowest BCUT2D eigenvalue weighted by Crippen LogP contribution is -1.94. The first-order valence-electron chi connectivity index (χ1n) is 6.06. The Bertz CT molecular complexity index is 844. The summed E-state index contributed by atoms with van der Waals surface area (Å²) in [5.74, 6) is -1.26. The number of methoxy groups -OCH3 is 1. The zero-order chi connectivity index (χ0) is 15.0. The van der Waals surface area contributed by atoms with Gasteiger partial charge in [0.1, 0.15) is 5.01 Å². The second-order valence-corrected chi connectivity index (χ2v) is 5.39. The van der Waals surface area contributed by atoms with Gasteiger partial charge in [-0.2, -0.15) is 0 Å². The Hall–Kier alpha value is -2.47. The predicted molar refractivity (Wildman–Crippen MR) is 78.5 cm³/mol. The standard InChI is InChI=1S/C15H10FNO3S/c1-20-12-6-8(2-4-10(12)16)14-17-11-5-3-9(15(18)19)7-13(11)21-14/h2-7H,1H3,(H,18,19). The lowest BCUT2D eigenvalue weighted by atomic mass is 10.2. The summed E-state index contributed by atoms with van der Waals surface area (Å²) in [5, 5.41) is 9.68. The third-order valence-electron chi connectivity index (χ3n) is 3.03. The SMILES string of the molecule is COc1cc(-c2nc3ccc(C(=O)O)cc3s2)ccc1F. The third kappa shape index (κ3) is 2.45. The molecule has 0 aliphatic rings. The molecule has 1 aromatic heterocycles. The van der Waals surface area contributed by atoms with Crippen molar-refractivity contribution < 1.29 is 19.0 Å². The minimum Gasteiger partial charge on any atom is -0.494 e. The van der Waals surface area contributed by atoms with Gasteiger partial charge >= 0.3 is 5.97 Å². The molecule has 6 heteroatoms. The van der Waals surface area contributed by atoms with E-state index in [0.29, 0.717) is 10.5 Å². The average molecular weight is 303 g/mol. The fraction of sp³-hybridized carbons (Fsp3) is 0.0667. The summed E-state index contributed by atoms with van der Waals surface area (Å²) in [6.07, 6.45) is 0. The highest BCUT2D eigenvalue weighted by atomic mass is 32.1. The largest absolute Gasteiger partial charge is 0.494 e. The summed E-state index contributed by atoms with van der Waals surface area (Å²) in [5.41, 5.74) is 1.66. The van der Waals surface area contributed by atoms with Crippen LogP contribution in [0.1, 0.15) is 10.4 Å². The number of ether oxygens (including phenoxy) is 1. The van der Waals surface area contributed by atoms with Crippen molar-refractivity contribution in [3.63, 3.8) is 0 Å². The van der Waals surface area contributed by atoms with Crippen LogP contribution in [0.25, 0.3) is 20.8 Å². The molecule has 0 atom stereocenters. The van der Waals surface area contributed by atoms with Crippen LogP contribution in [-0.2, 0) is 0 Å². The number of carboxylic acid groups (broad SMARTS) is 1. The maximum atomic E-state index is 13.4. The smallest absolute Gasteiger partial charge is 0.335 e. The van der Waals surface area contributed by atoms with Crippen molar-refractivity contribution in [3.05, 3.63) is 47.8 Å². The Morgan fingerprint density at radius 2 is 2.10 bits per heavy atom. The van der Waals surface area contributed by atoms with Gasteiger partial charge in [0.25, 0.3) is 0 Å². The third-order valence-corrected chi connectivity index (χ3v) is 4.10. The van der Waals surface area contributed by atoms with Crippen LogP contribution in [0.15, 0.2) is 36.4 Å². The molecule has 21 heavy (non-hydrogen) atoms. The first kappa shape index (κ1) is 13.5. The Kier molecular flexibility index (Phi) is 3.31. The second kappa shape index (κ2) is 5.14. The van der Waals surface area contributed by atoms with Gasteiger partial charge in [0.2, 0.25) is 0 Å². The molecule has 2 aromatic carbocycles. The first-order valence-corrected chi connectivity index (χ1v) is 6.88. The van der Waals surface area contributed by atoms with Gasteiger partial charge in [-0.05, 0) is 36.4 Å². The van der Waals surface area contributed by atoms with E-state index in [1.165, 1.54) is 30.6 Å². The fourth-order valence-corrected chi connectivity index (χ4v) is 2.98. The Labute approximate surface area is 123 Å². The average Bonchev–Trinajstić information content (AvgIpc) is 2.90. The van der Waals surface area contributed by atoms with Crippen molar-refractivity contribution in [2.45, 2.75) is 0 Å². The lowest BCUT2D eigenvalue weighted by molar-refractivity contribution is 0.0697. The number of carbonyl (C=O) groups is 1. The van der Waals surface area contributed by atoms with Gasteiger partial charge in [-0.1, -0.05) is 0 Å². The van der Waals surface area contributed by atoms with Gasteiger partial charge in [0.05, 0.1) is 22.9 Å². The van der Waals surface area contributed by atoms with Gasteiger partial charge in [-0.25, -0.2) is 14.2 Å². The van der Waals surface area contributed by atoms with Crippen molar-refractivity contribution in [1.29, 1.82) is 0 Å². The van der Waals surface area contributed by atoms with Gasteiger partial charge in [-0.15, -0.1) is 11.3 Å². The summed E-state index contributed by atoms with van der Waals surface area (Å²) in [4.78, 5) is 15.4. The van der Waals surface area contributed by atoms with Crippen LogP contribution < -0.4 is 4.74 Å². The van der Waals surface area contributed by atoms with Crippen LogP contribution in [0, 0.1) is 5.82 Å². The van der Waals surface area contributed by atoms with Crippen molar-refractivity contribution in [2.24, 2.45) is 0 Å². The molecule has 0 fully saturated rings. The van der Waals surface area contributed by atoms with Crippen LogP contribution in [0.4, 0.5) is 4.39 Å². The number of carboxylic acids is 1. The van der Waals surface area contributed by atoms with E-state index in [1.54, 1.807) is 24.3 Å². The second-order valence-electron chi connectivity index (χ2n) is 4.36. The minimum atomic E-state index is -0.977. The van der Waals surface area contributed by atoms with Crippen molar-refractivity contribution in [2.75, 3.05) is 7.11 Å². The van der Waals surface area contributed by atoms with E-state index >= 15 is 0 Å². The number of thiazole rings is 1. The van der Waals surface area contributed by atoms with Crippen LogP contribution in [0.5, 0.6) is 5.75 Å². The number of hydrogen-bond donors (Lipinski definition) is 1. The van der Waals surface area contributed by atoms with E-state index in [0.717, 1.165) is 10.3 Å². The summed E-state index contributed by atoms with van der Waals surface area (Å²) in [6, 6.07) is 9.28. The van der Waals surface area contributed by atoms with E-state index in [2.05, 4.69) is 4.98 Å². The molecule has 0 amide bonds. The maximum absolute atomic E-state index is 13.4. The molecule has 1 N–H and O–H groups in total. The number of benzene rings is 2. The Morgan fingerprint density at radius 3 is 2.81 bits per heavy atom. The zero-order valence-electron chi connectivity index (χ0n) is 11.0. The number of aromatic carboxylic acids is 1. The van der Waals surface area contributed by atoms with Crippen LogP contribution >= 0.6 is 11.3 Å². The number of fused-ring (bicyclic) bond motifs is 1. The minimum absolute atomic E-state index is 0.151. The van der Waals surface area contributed by atoms with Gasteiger partial charge in [-0.3, -0.25) is 0 Å². The molecule has 0 saturated carbocycles. The van der Waals surface area contributed by atoms with Gasteiger partial charge < -0.3 is 9.84 Å². The normalized spacial score (nSPS) is 10.8. The molecule has 3 aromatic rings. The molecule has 0 aliphatic heterocycles. The molecule has 0 bridgehead atoms. The molecule has 0 unspecified atom stereocenters. The maximum Gasteiger partial charge on any atom is 0.335 e. The van der Waals surface area contributed by atoms with Gasteiger partial charge in [0.15, 0.2) is 11.6 Å². The monoisotopic (exact) mass is 303 g/mol. The summed E-state index contributed by atoms with van der Waals surface area (Å²) in [6.45, 7) is 0. The van der Waals surface area contributed by atoms with E-state index in [1.807, 2.05) is 0 Å². The summed E-state index contributed by atoms with van der Waals surface area (Å²) < 4.78 is 19.2. The number of halogens is 1.